The lowest BCUT2D eigenvalue weighted by Gasteiger charge is -2.33. The van der Waals surface area contributed by atoms with E-state index in [0.717, 1.165) is 39.3 Å². The largest absolute Gasteiger partial charge is 0.297 e. The molecule has 0 atom stereocenters. The van der Waals surface area contributed by atoms with Crippen molar-refractivity contribution < 1.29 is 0 Å². The fourth-order valence-corrected chi connectivity index (χ4v) is 2.88. The quantitative estimate of drug-likeness (QED) is 0.449. The molecule has 1 aliphatic heterocycles. The van der Waals surface area contributed by atoms with Crippen molar-refractivity contribution in [3.05, 3.63) is 34.9 Å². The molecule has 0 amide bonds. The Morgan fingerprint density at radius 1 is 0.833 bits per heavy atom. The van der Waals surface area contributed by atoms with Gasteiger partial charge in [0.1, 0.15) is 0 Å². The van der Waals surface area contributed by atoms with Gasteiger partial charge in [-0.2, -0.15) is 0 Å². The summed E-state index contributed by atoms with van der Waals surface area (Å²) in [6, 6.07) is 0. The van der Waals surface area contributed by atoms with E-state index in [1.807, 2.05) is 0 Å². The third-order valence-electron chi connectivity index (χ3n) is 4.60. The SMILES string of the molecule is C#CCN1CCN(C/C=C(\C)CC/C=C(\C)CCC=C(C)C)CC1. The summed E-state index contributed by atoms with van der Waals surface area (Å²) in [6.45, 7) is 15.2. The van der Waals surface area contributed by atoms with Crippen LogP contribution in [0.25, 0.3) is 0 Å². The zero-order valence-electron chi connectivity index (χ0n) is 16.3. The first-order valence-corrected chi connectivity index (χ1v) is 9.34. The Balaban J connectivity index is 2.21. The van der Waals surface area contributed by atoms with Crippen molar-refractivity contribution in [2.24, 2.45) is 0 Å². The van der Waals surface area contributed by atoms with Crippen molar-refractivity contribution in [3.8, 4) is 12.3 Å². The van der Waals surface area contributed by atoms with E-state index in [-0.39, 0.29) is 0 Å². The first-order valence-electron chi connectivity index (χ1n) is 9.34. The first kappa shape index (κ1) is 20.7. The maximum absolute atomic E-state index is 5.38. The van der Waals surface area contributed by atoms with Crippen LogP contribution in [-0.4, -0.2) is 49.1 Å². The molecular formula is C22H36N2. The molecular weight excluding hydrogens is 292 g/mol. The summed E-state index contributed by atoms with van der Waals surface area (Å²) in [5.41, 5.74) is 4.45. The van der Waals surface area contributed by atoms with Gasteiger partial charge in [0, 0.05) is 32.7 Å². The van der Waals surface area contributed by atoms with Crippen molar-refractivity contribution in [2.75, 3.05) is 39.3 Å². The lowest BCUT2D eigenvalue weighted by atomic mass is 10.1. The van der Waals surface area contributed by atoms with Crippen LogP contribution in [0.2, 0.25) is 0 Å². The second-order valence-electron chi connectivity index (χ2n) is 7.24. The molecule has 2 nitrogen and oxygen atoms in total. The Morgan fingerprint density at radius 2 is 1.38 bits per heavy atom. The van der Waals surface area contributed by atoms with E-state index in [1.54, 1.807) is 0 Å². The van der Waals surface area contributed by atoms with Crippen molar-refractivity contribution in [2.45, 2.75) is 53.4 Å². The van der Waals surface area contributed by atoms with Crippen LogP contribution in [0, 0.1) is 12.3 Å². The molecule has 2 heteroatoms. The van der Waals surface area contributed by atoms with Crippen LogP contribution in [0.15, 0.2) is 34.9 Å². The first-order chi connectivity index (χ1) is 11.5. The van der Waals surface area contributed by atoms with Crippen LogP contribution < -0.4 is 0 Å². The number of hydrogen-bond donors (Lipinski definition) is 0. The van der Waals surface area contributed by atoms with Crippen LogP contribution in [0.1, 0.15) is 53.4 Å². The fraction of sp³-hybridized carbons (Fsp3) is 0.636. The zero-order chi connectivity index (χ0) is 17.8. The normalized spacial score (nSPS) is 17.6. The maximum Gasteiger partial charge on any atom is 0.0599 e. The van der Waals surface area contributed by atoms with E-state index < -0.39 is 0 Å². The van der Waals surface area contributed by atoms with Crippen LogP contribution >= 0.6 is 0 Å². The Hall–Kier alpha value is -1.30. The Labute approximate surface area is 150 Å². The Kier molecular flexibility index (Phi) is 10.5. The van der Waals surface area contributed by atoms with E-state index in [2.05, 4.69) is 61.6 Å². The minimum atomic E-state index is 0.794. The lowest BCUT2D eigenvalue weighted by molar-refractivity contribution is 0.155. The topological polar surface area (TPSA) is 6.48 Å². The standard InChI is InChI=1S/C22H36N2/c1-6-14-23-16-18-24(19-17-23)15-13-22(5)12-8-11-21(4)10-7-9-20(2)3/h1,9,11,13H,7-8,10,12,14-19H2,2-5H3/b21-11+,22-13+. The highest BCUT2D eigenvalue weighted by molar-refractivity contribution is 5.06. The van der Waals surface area contributed by atoms with Crippen molar-refractivity contribution in [3.63, 3.8) is 0 Å². The minimum absolute atomic E-state index is 0.794. The Bertz CT molecular complexity index is 479. The third-order valence-corrected chi connectivity index (χ3v) is 4.60. The van der Waals surface area contributed by atoms with Gasteiger partial charge < -0.3 is 0 Å². The molecule has 0 unspecified atom stereocenters. The summed E-state index contributed by atoms with van der Waals surface area (Å²) in [4.78, 5) is 4.88. The molecule has 1 aliphatic rings. The number of allylic oxidation sites excluding steroid dienone is 5. The molecule has 134 valence electrons. The molecule has 0 aromatic carbocycles. The second kappa shape index (κ2) is 12.1. The molecule has 0 aromatic rings. The van der Waals surface area contributed by atoms with Crippen molar-refractivity contribution in [1.82, 2.24) is 9.80 Å². The highest BCUT2D eigenvalue weighted by atomic mass is 15.3. The predicted molar refractivity (Wildman–Crippen MR) is 107 cm³/mol. The van der Waals surface area contributed by atoms with Gasteiger partial charge in [0.05, 0.1) is 6.54 Å². The highest BCUT2D eigenvalue weighted by Gasteiger charge is 2.14. The molecule has 1 fully saturated rings. The van der Waals surface area contributed by atoms with E-state index >= 15 is 0 Å². The average molecular weight is 329 g/mol. The number of rotatable bonds is 9. The average Bonchev–Trinajstić information content (AvgIpc) is 2.54. The van der Waals surface area contributed by atoms with Crippen LogP contribution in [0.5, 0.6) is 0 Å². The molecule has 0 aliphatic carbocycles. The number of nitrogens with zero attached hydrogens (tertiary/aromatic N) is 2. The van der Waals surface area contributed by atoms with Gasteiger partial charge in [0.15, 0.2) is 0 Å². The number of piperazine rings is 1. The molecule has 0 N–H and O–H groups in total. The fourth-order valence-electron chi connectivity index (χ4n) is 2.88. The summed E-state index contributed by atoms with van der Waals surface area (Å²) in [5, 5.41) is 0. The van der Waals surface area contributed by atoms with Gasteiger partial charge in [-0.1, -0.05) is 40.9 Å². The van der Waals surface area contributed by atoms with Crippen LogP contribution in [0.3, 0.4) is 0 Å². The monoisotopic (exact) mass is 328 g/mol. The molecule has 0 bridgehead atoms. The van der Waals surface area contributed by atoms with Gasteiger partial charge in [-0.25, -0.2) is 0 Å². The summed E-state index contributed by atoms with van der Waals surface area (Å²) in [7, 11) is 0. The van der Waals surface area contributed by atoms with Crippen LogP contribution in [0.4, 0.5) is 0 Å². The summed E-state index contributed by atoms with van der Waals surface area (Å²) < 4.78 is 0. The van der Waals surface area contributed by atoms with Gasteiger partial charge >= 0.3 is 0 Å². The minimum Gasteiger partial charge on any atom is -0.297 e. The smallest absolute Gasteiger partial charge is 0.0599 e. The molecule has 1 heterocycles. The highest BCUT2D eigenvalue weighted by Crippen LogP contribution is 2.12. The maximum atomic E-state index is 5.38. The second-order valence-corrected chi connectivity index (χ2v) is 7.24. The molecule has 0 radical (unpaired) electrons. The van der Waals surface area contributed by atoms with E-state index in [4.69, 9.17) is 6.42 Å². The van der Waals surface area contributed by atoms with E-state index in [1.165, 1.54) is 42.4 Å². The van der Waals surface area contributed by atoms with Gasteiger partial charge in [0.2, 0.25) is 0 Å². The van der Waals surface area contributed by atoms with Crippen molar-refractivity contribution in [1.29, 1.82) is 0 Å². The third kappa shape index (κ3) is 9.75. The molecule has 1 rings (SSSR count). The molecule has 1 saturated heterocycles. The molecule has 0 aromatic heterocycles. The molecule has 0 saturated carbocycles. The van der Waals surface area contributed by atoms with Crippen molar-refractivity contribution >= 4 is 0 Å². The van der Waals surface area contributed by atoms with E-state index in [9.17, 15) is 0 Å². The Morgan fingerprint density at radius 3 is 1.96 bits per heavy atom. The van der Waals surface area contributed by atoms with Gasteiger partial charge in [-0.05, 0) is 53.4 Å². The van der Waals surface area contributed by atoms with E-state index in [0.29, 0.717) is 0 Å². The number of hydrogen-bond acceptors (Lipinski definition) is 2. The van der Waals surface area contributed by atoms with Gasteiger partial charge in [0.25, 0.3) is 0 Å². The van der Waals surface area contributed by atoms with Gasteiger partial charge in [-0.15, -0.1) is 6.42 Å². The lowest BCUT2D eigenvalue weighted by Crippen LogP contribution is -2.46. The zero-order valence-corrected chi connectivity index (χ0v) is 16.3. The van der Waals surface area contributed by atoms with Crippen LogP contribution in [-0.2, 0) is 0 Å². The number of terminal acetylenes is 1. The van der Waals surface area contributed by atoms with Gasteiger partial charge in [-0.3, -0.25) is 9.80 Å². The summed E-state index contributed by atoms with van der Waals surface area (Å²) in [6.07, 6.45) is 17.2. The molecule has 24 heavy (non-hydrogen) atoms. The summed E-state index contributed by atoms with van der Waals surface area (Å²) >= 11 is 0. The predicted octanol–water partition coefficient (Wildman–Crippen LogP) is 4.66. The molecule has 0 spiro atoms. The summed E-state index contributed by atoms with van der Waals surface area (Å²) in [5.74, 6) is 2.74.